The number of hydrogen-bond donors (Lipinski definition) is 1. The fourth-order valence-corrected chi connectivity index (χ4v) is 4.88. The van der Waals surface area contributed by atoms with E-state index in [1.54, 1.807) is 14.2 Å². The molecule has 0 unspecified atom stereocenters. The standard InChI is InChI=1S/C23H21N3O3S2/c1-26-22(28)21-20(18(13-30-21)16-6-4-3-5-7-16)25-23(26)31-14-19(27)24-12-15-8-10-17(29-2)11-9-15/h3-11,13H,12,14H2,1-2H3,(H,24,27). The Morgan fingerprint density at radius 3 is 2.61 bits per heavy atom. The largest absolute Gasteiger partial charge is 0.497 e. The Bertz CT molecular complexity index is 1270. The van der Waals surface area contributed by atoms with Crippen LogP contribution in [0.25, 0.3) is 21.3 Å². The molecule has 4 rings (SSSR count). The Labute approximate surface area is 187 Å². The van der Waals surface area contributed by atoms with E-state index in [0.717, 1.165) is 22.4 Å². The normalized spacial score (nSPS) is 10.9. The van der Waals surface area contributed by atoms with Crippen molar-refractivity contribution < 1.29 is 9.53 Å². The Hall–Kier alpha value is -3.10. The maximum Gasteiger partial charge on any atom is 0.271 e. The van der Waals surface area contributed by atoms with E-state index in [0.29, 0.717) is 21.9 Å². The summed E-state index contributed by atoms with van der Waals surface area (Å²) in [5.74, 6) is 0.826. The van der Waals surface area contributed by atoms with Crippen molar-refractivity contribution >= 4 is 39.2 Å². The van der Waals surface area contributed by atoms with E-state index in [-0.39, 0.29) is 17.2 Å². The minimum Gasteiger partial charge on any atom is -0.497 e. The third kappa shape index (κ3) is 4.65. The van der Waals surface area contributed by atoms with Gasteiger partial charge in [-0.05, 0) is 23.3 Å². The van der Waals surface area contributed by atoms with Gasteiger partial charge in [0.05, 0.1) is 18.4 Å². The SMILES string of the molecule is COc1ccc(CNC(=O)CSc2nc3c(-c4ccccc4)csc3c(=O)n2C)cc1. The highest BCUT2D eigenvalue weighted by atomic mass is 32.2. The summed E-state index contributed by atoms with van der Waals surface area (Å²) in [7, 11) is 3.31. The fraction of sp³-hybridized carbons (Fsp3) is 0.174. The minimum atomic E-state index is -0.122. The van der Waals surface area contributed by atoms with Crippen molar-refractivity contribution in [1.29, 1.82) is 0 Å². The number of carbonyl (C=O) groups is 1. The van der Waals surface area contributed by atoms with Crippen molar-refractivity contribution in [1.82, 2.24) is 14.9 Å². The lowest BCUT2D eigenvalue weighted by molar-refractivity contribution is -0.118. The van der Waals surface area contributed by atoms with Crippen molar-refractivity contribution in [2.75, 3.05) is 12.9 Å². The summed E-state index contributed by atoms with van der Waals surface area (Å²) in [4.78, 5) is 29.9. The van der Waals surface area contributed by atoms with Crippen molar-refractivity contribution in [2.45, 2.75) is 11.7 Å². The van der Waals surface area contributed by atoms with Crippen LogP contribution in [0.5, 0.6) is 5.75 Å². The van der Waals surface area contributed by atoms with Gasteiger partial charge in [-0.3, -0.25) is 14.2 Å². The number of ether oxygens (including phenoxy) is 1. The van der Waals surface area contributed by atoms with Gasteiger partial charge in [0.2, 0.25) is 5.91 Å². The van der Waals surface area contributed by atoms with Crippen LogP contribution in [-0.4, -0.2) is 28.3 Å². The Morgan fingerprint density at radius 2 is 1.90 bits per heavy atom. The van der Waals surface area contributed by atoms with Crippen LogP contribution in [0.3, 0.4) is 0 Å². The van der Waals surface area contributed by atoms with E-state index in [1.165, 1.54) is 27.7 Å². The van der Waals surface area contributed by atoms with Crippen LogP contribution in [0.1, 0.15) is 5.56 Å². The van der Waals surface area contributed by atoms with Gasteiger partial charge >= 0.3 is 0 Å². The summed E-state index contributed by atoms with van der Waals surface area (Å²) in [6, 6.07) is 17.4. The van der Waals surface area contributed by atoms with E-state index in [4.69, 9.17) is 9.72 Å². The Kier molecular flexibility index (Phi) is 6.39. The molecule has 4 aromatic rings. The van der Waals surface area contributed by atoms with Gasteiger partial charge in [-0.25, -0.2) is 4.98 Å². The number of benzene rings is 2. The molecule has 0 saturated carbocycles. The number of nitrogens with zero attached hydrogens (tertiary/aromatic N) is 2. The zero-order chi connectivity index (χ0) is 21.8. The van der Waals surface area contributed by atoms with Gasteiger partial charge in [0.1, 0.15) is 10.4 Å². The number of carbonyl (C=O) groups excluding carboxylic acids is 1. The molecule has 1 amide bonds. The van der Waals surface area contributed by atoms with Crippen LogP contribution < -0.4 is 15.6 Å². The molecular weight excluding hydrogens is 430 g/mol. The molecule has 0 fully saturated rings. The molecular formula is C23H21N3O3S2. The minimum absolute atomic E-state index is 0.0988. The highest BCUT2D eigenvalue weighted by molar-refractivity contribution is 7.99. The Morgan fingerprint density at radius 1 is 1.16 bits per heavy atom. The molecule has 6 nitrogen and oxygen atoms in total. The summed E-state index contributed by atoms with van der Waals surface area (Å²) in [6.07, 6.45) is 0. The van der Waals surface area contributed by atoms with Crippen LogP contribution in [0, 0.1) is 0 Å². The maximum absolute atomic E-state index is 12.8. The lowest BCUT2D eigenvalue weighted by Crippen LogP contribution is -2.25. The van der Waals surface area contributed by atoms with Crippen molar-refractivity contribution in [2.24, 2.45) is 7.05 Å². The van der Waals surface area contributed by atoms with E-state index >= 15 is 0 Å². The van der Waals surface area contributed by atoms with Gasteiger partial charge in [-0.1, -0.05) is 54.2 Å². The van der Waals surface area contributed by atoms with Gasteiger partial charge in [-0.15, -0.1) is 11.3 Å². The van der Waals surface area contributed by atoms with Crippen LogP contribution >= 0.6 is 23.1 Å². The molecule has 0 spiro atoms. The molecule has 0 bridgehead atoms. The Balaban J connectivity index is 1.48. The molecule has 2 aromatic heterocycles. The number of thiophene rings is 1. The predicted molar refractivity (Wildman–Crippen MR) is 126 cm³/mol. The second-order valence-corrected chi connectivity index (χ2v) is 8.69. The van der Waals surface area contributed by atoms with Crippen molar-refractivity contribution in [3.63, 3.8) is 0 Å². The van der Waals surface area contributed by atoms with E-state index < -0.39 is 0 Å². The molecule has 31 heavy (non-hydrogen) atoms. The van der Waals surface area contributed by atoms with Crippen LogP contribution in [-0.2, 0) is 18.4 Å². The second kappa shape index (κ2) is 9.36. The number of rotatable bonds is 7. The third-order valence-corrected chi connectivity index (χ3v) is 6.81. The van der Waals surface area contributed by atoms with Crippen molar-refractivity contribution in [3.8, 4) is 16.9 Å². The molecule has 0 aliphatic carbocycles. The zero-order valence-electron chi connectivity index (χ0n) is 17.1. The molecule has 0 radical (unpaired) electrons. The average Bonchev–Trinajstić information content (AvgIpc) is 3.24. The average molecular weight is 452 g/mol. The predicted octanol–water partition coefficient (Wildman–Crippen LogP) is 4.08. The van der Waals surface area contributed by atoms with Crippen LogP contribution in [0.15, 0.2) is 69.9 Å². The summed E-state index contributed by atoms with van der Waals surface area (Å²) >= 11 is 2.65. The molecule has 2 heterocycles. The first-order chi connectivity index (χ1) is 15.1. The van der Waals surface area contributed by atoms with Crippen LogP contribution in [0.4, 0.5) is 0 Å². The first-order valence-electron chi connectivity index (χ1n) is 9.63. The molecule has 8 heteroatoms. The number of nitrogens with one attached hydrogen (secondary N) is 1. The summed E-state index contributed by atoms with van der Waals surface area (Å²) in [5.41, 5.74) is 3.52. The highest BCUT2D eigenvalue weighted by Crippen LogP contribution is 2.32. The molecule has 2 aromatic carbocycles. The molecule has 1 N–H and O–H groups in total. The van der Waals surface area contributed by atoms with Gasteiger partial charge in [0.25, 0.3) is 5.56 Å². The van der Waals surface area contributed by atoms with Gasteiger partial charge in [-0.2, -0.15) is 0 Å². The van der Waals surface area contributed by atoms with Gasteiger partial charge in [0.15, 0.2) is 5.16 Å². The number of amides is 1. The maximum atomic E-state index is 12.8. The fourth-order valence-electron chi connectivity index (χ4n) is 3.10. The number of fused-ring (bicyclic) bond motifs is 1. The van der Waals surface area contributed by atoms with E-state index in [2.05, 4.69) is 5.32 Å². The molecule has 0 aliphatic heterocycles. The number of thioether (sulfide) groups is 1. The topological polar surface area (TPSA) is 73.2 Å². The zero-order valence-corrected chi connectivity index (χ0v) is 18.8. The molecule has 0 atom stereocenters. The monoisotopic (exact) mass is 451 g/mol. The molecule has 158 valence electrons. The summed E-state index contributed by atoms with van der Waals surface area (Å²) < 4.78 is 7.27. The molecule has 0 aliphatic rings. The lowest BCUT2D eigenvalue weighted by atomic mass is 10.1. The molecule has 0 saturated heterocycles. The first-order valence-corrected chi connectivity index (χ1v) is 11.5. The quantitative estimate of drug-likeness (QED) is 0.339. The number of methoxy groups -OCH3 is 1. The number of aromatic nitrogens is 2. The number of hydrogen-bond acceptors (Lipinski definition) is 6. The van der Waals surface area contributed by atoms with Crippen molar-refractivity contribution in [3.05, 3.63) is 75.9 Å². The highest BCUT2D eigenvalue weighted by Gasteiger charge is 2.16. The third-order valence-electron chi connectivity index (χ3n) is 4.82. The van der Waals surface area contributed by atoms with Gasteiger partial charge in [0, 0.05) is 24.5 Å². The van der Waals surface area contributed by atoms with Crippen LogP contribution in [0.2, 0.25) is 0 Å². The second-order valence-electron chi connectivity index (χ2n) is 6.87. The van der Waals surface area contributed by atoms with E-state index in [9.17, 15) is 9.59 Å². The first kappa shape index (κ1) is 21.1. The lowest BCUT2D eigenvalue weighted by Gasteiger charge is -2.09. The smallest absolute Gasteiger partial charge is 0.271 e. The van der Waals surface area contributed by atoms with Gasteiger partial charge < -0.3 is 10.1 Å². The summed E-state index contributed by atoms with van der Waals surface area (Å²) in [6.45, 7) is 0.428. The summed E-state index contributed by atoms with van der Waals surface area (Å²) in [5, 5.41) is 5.38. The van der Waals surface area contributed by atoms with E-state index in [1.807, 2.05) is 60.0 Å².